The van der Waals surface area contributed by atoms with Crippen molar-refractivity contribution in [3.63, 3.8) is 0 Å². The lowest BCUT2D eigenvalue weighted by Crippen LogP contribution is -2.46. The number of anilines is 1. The van der Waals surface area contributed by atoms with Crippen LogP contribution >= 0.6 is 0 Å². The van der Waals surface area contributed by atoms with Gasteiger partial charge in [-0.1, -0.05) is 6.07 Å². The second-order valence-electron chi connectivity index (χ2n) is 9.24. The Kier molecular flexibility index (Phi) is 6.88. The van der Waals surface area contributed by atoms with Gasteiger partial charge in [-0.3, -0.25) is 9.80 Å². The van der Waals surface area contributed by atoms with Crippen LogP contribution in [0.25, 0.3) is 0 Å². The third-order valence-electron chi connectivity index (χ3n) is 6.19. The summed E-state index contributed by atoms with van der Waals surface area (Å²) in [6, 6.07) is 8.18. The maximum Gasteiger partial charge on any atom is 0.320 e. The monoisotopic (exact) mass is 482 g/mol. The van der Waals surface area contributed by atoms with E-state index < -0.39 is 11.7 Å². The Labute approximate surface area is 204 Å². The number of fused-ring (bicyclic) bond motifs is 1. The van der Waals surface area contributed by atoms with E-state index in [9.17, 15) is 14.0 Å². The van der Waals surface area contributed by atoms with Crippen LogP contribution in [0, 0.1) is 5.82 Å². The number of hydrazine groups is 2. The van der Waals surface area contributed by atoms with Gasteiger partial charge in [-0.15, -0.1) is 10.6 Å². The lowest BCUT2D eigenvalue weighted by atomic mass is 9.96. The summed E-state index contributed by atoms with van der Waals surface area (Å²) in [4.78, 5) is 33.6. The zero-order chi connectivity index (χ0) is 25.3. The second-order valence-corrected chi connectivity index (χ2v) is 9.24. The Balaban J connectivity index is 1.52. The maximum atomic E-state index is 14.9. The summed E-state index contributed by atoms with van der Waals surface area (Å²) in [7, 11) is 1.76. The minimum atomic E-state index is -0.608. The van der Waals surface area contributed by atoms with Gasteiger partial charge in [0.25, 0.3) is 5.91 Å². The molecule has 0 saturated carbocycles. The molecular formula is C24H31FN8O2. The fourth-order valence-corrected chi connectivity index (χ4v) is 3.97. The number of hydrazone groups is 1. The first-order chi connectivity index (χ1) is 16.7. The van der Waals surface area contributed by atoms with Gasteiger partial charge < -0.3 is 15.1 Å². The van der Waals surface area contributed by atoms with E-state index >= 15 is 0 Å². The molecule has 3 amide bonds. The number of hydrogen-bond donors (Lipinski definition) is 3. The van der Waals surface area contributed by atoms with E-state index in [1.165, 1.54) is 12.1 Å². The van der Waals surface area contributed by atoms with Crippen LogP contribution in [0.1, 0.15) is 54.9 Å². The first-order valence-corrected chi connectivity index (χ1v) is 11.6. The minimum Gasteiger partial charge on any atom is -0.325 e. The number of amidine groups is 1. The molecule has 0 saturated heterocycles. The maximum absolute atomic E-state index is 14.9. The zero-order valence-corrected chi connectivity index (χ0v) is 20.6. The number of amides is 3. The van der Waals surface area contributed by atoms with E-state index in [-0.39, 0.29) is 29.5 Å². The van der Waals surface area contributed by atoms with Crippen molar-refractivity contribution in [1.29, 1.82) is 0 Å². The quantitative estimate of drug-likeness (QED) is 0.605. The van der Waals surface area contributed by atoms with Crippen LogP contribution in [0.4, 0.5) is 15.0 Å². The summed E-state index contributed by atoms with van der Waals surface area (Å²) in [5, 5.41) is 8.70. The molecule has 0 radical (unpaired) electrons. The van der Waals surface area contributed by atoms with Crippen LogP contribution in [0.15, 0.2) is 35.4 Å². The Morgan fingerprint density at radius 1 is 1.17 bits per heavy atom. The van der Waals surface area contributed by atoms with E-state index in [1.807, 2.05) is 27.7 Å². The van der Waals surface area contributed by atoms with E-state index in [2.05, 4.69) is 26.5 Å². The molecule has 0 atom stereocenters. The molecule has 2 aromatic rings. The van der Waals surface area contributed by atoms with Crippen LogP contribution in [0.5, 0.6) is 0 Å². The number of nitrogens with zero attached hydrogens (tertiary/aromatic N) is 5. The zero-order valence-electron chi connectivity index (χ0n) is 20.6. The number of pyridine rings is 1. The number of hydrogen-bond acceptors (Lipinski definition) is 7. The molecule has 10 nitrogen and oxygen atoms in total. The smallest absolute Gasteiger partial charge is 0.320 e. The normalized spacial score (nSPS) is 15.1. The molecule has 11 heteroatoms. The van der Waals surface area contributed by atoms with E-state index in [0.29, 0.717) is 31.0 Å². The highest BCUT2D eigenvalue weighted by Gasteiger charge is 2.27. The third kappa shape index (κ3) is 5.04. The van der Waals surface area contributed by atoms with Crippen molar-refractivity contribution in [2.45, 2.75) is 52.7 Å². The fraction of sp³-hybridized carbons (Fsp3) is 0.417. The lowest BCUT2D eigenvalue weighted by Gasteiger charge is -2.34. The Bertz CT molecular complexity index is 1170. The highest BCUT2D eigenvalue weighted by molar-refractivity contribution is 6.04. The van der Waals surface area contributed by atoms with Gasteiger partial charge in [0.1, 0.15) is 17.3 Å². The lowest BCUT2D eigenvalue weighted by molar-refractivity contribution is 0.102. The minimum absolute atomic E-state index is 0.0658. The van der Waals surface area contributed by atoms with Crippen LogP contribution in [-0.4, -0.2) is 63.2 Å². The molecule has 3 N–H and O–H groups in total. The molecule has 0 aliphatic carbocycles. The highest BCUT2D eigenvalue weighted by atomic mass is 19.1. The van der Waals surface area contributed by atoms with Gasteiger partial charge in [0, 0.05) is 32.2 Å². The number of benzene rings is 1. The van der Waals surface area contributed by atoms with Gasteiger partial charge >= 0.3 is 6.03 Å². The van der Waals surface area contributed by atoms with Crippen LogP contribution in [0.2, 0.25) is 0 Å². The number of aromatic nitrogens is 1. The average molecular weight is 483 g/mol. The summed E-state index contributed by atoms with van der Waals surface area (Å²) in [5.74, 6) is -0.357. The topological polar surface area (TPSA) is 105 Å². The number of urea groups is 1. The number of halogens is 1. The number of carbonyl (C=O) groups is 2. The van der Waals surface area contributed by atoms with Gasteiger partial charge in [0.2, 0.25) is 0 Å². The molecular weight excluding hydrogens is 451 g/mol. The molecule has 2 aliphatic rings. The van der Waals surface area contributed by atoms with Crippen molar-refractivity contribution >= 4 is 23.6 Å². The number of nitrogens with one attached hydrogen (secondary N) is 3. The molecule has 1 aromatic carbocycles. The SMILES string of the molecule is CC(C)N(C)C(=O)N1CCc2cc(F)c(C(=O)Nc3cccc(C4=NNNN4C(C)C)n3)cc2C1. The largest absolute Gasteiger partial charge is 0.325 e. The van der Waals surface area contributed by atoms with Gasteiger partial charge in [0.05, 0.1) is 5.56 Å². The Hall–Kier alpha value is -3.73. The molecule has 186 valence electrons. The van der Waals surface area contributed by atoms with Crippen molar-refractivity contribution in [2.24, 2.45) is 5.10 Å². The molecule has 0 unspecified atom stereocenters. The standard InChI is InChI=1S/C24H31FN8O2/c1-14(2)31(5)24(35)32-10-9-16-12-19(25)18(11-17(16)13-32)23(34)27-21-8-6-7-20(26-21)22-28-29-30-33(22)15(3)4/h6-8,11-12,14-15,29-30H,9-10,13H2,1-5H3,(H,26,27,34). The predicted octanol–water partition coefficient (Wildman–Crippen LogP) is 2.69. The molecule has 3 heterocycles. The van der Waals surface area contributed by atoms with Crippen molar-refractivity contribution < 1.29 is 14.0 Å². The average Bonchev–Trinajstić information content (AvgIpc) is 3.33. The molecule has 1 aromatic heterocycles. The highest BCUT2D eigenvalue weighted by Crippen LogP contribution is 2.24. The van der Waals surface area contributed by atoms with Crippen LogP contribution in [-0.2, 0) is 13.0 Å². The molecule has 0 bridgehead atoms. The van der Waals surface area contributed by atoms with E-state index in [0.717, 1.165) is 11.1 Å². The predicted molar refractivity (Wildman–Crippen MR) is 131 cm³/mol. The summed E-state index contributed by atoms with van der Waals surface area (Å²) in [5.41, 5.74) is 7.66. The summed E-state index contributed by atoms with van der Waals surface area (Å²) >= 11 is 0. The fourth-order valence-electron chi connectivity index (χ4n) is 3.97. The van der Waals surface area contributed by atoms with Gasteiger partial charge in [-0.2, -0.15) is 0 Å². The second kappa shape index (κ2) is 9.87. The molecule has 2 aliphatic heterocycles. The summed E-state index contributed by atoms with van der Waals surface area (Å²) in [6.07, 6.45) is 0.534. The molecule has 4 rings (SSSR count). The van der Waals surface area contributed by atoms with Gasteiger partial charge in [0.15, 0.2) is 5.84 Å². The van der Waals surface area contributed by atoms with Crippen molar-refractivity contribution in [3.8, 4) is 0 Å². The third-order valence-corrected chi connectivity index (χ3v) is 6.19. The van der Waals surface area contributed by atoms with Crippen molar-refractivity contribution in [1.82, 2.24) is 30.9 Å². The molecule has 0 spiro atoms. The summed E-state index contributed by atoms with van der Waals surface area (Å²) < 4.78 is 14.9. The summed E-state index contributed by atoms with van der Waals surface area (Å²) in [6.45, 7) is 8.72. The van der Waals surface area contributed by atoms with E-state index in [4.69, 9.17) is 0 Å². The Morgan fingerprint density at radius 3 is 2.66 bits per heavy atom. The molecule has 0 fully saturated rings. The van der Waals surface area contributed by atoms with Crippen LogP contribution < -0.4 is 16.4 Å². The van der Waals surface area contributed by atoms with Gasteiger partial charge in [-0.25, -0.2) is 19.7 Å². The number of rotatable bonds is 5. The first kappa shape index (κ1) is 24.4. The van der Waals surface area contributed by atoms with Crippen molar-refractivity contribution in [3.05, 3.63) is 58.5 Å². The van der Waals surface area contributed by atoms with Gasteiger partial charge in [-0.05, 0) is 69.5 Å². The Morgan fingerprint density at radius 2 is 1.94 bits per heavy atom. The van der Waals surface area contributed by atoms with Crippen LogP contribution in [0.3, 0.4) is 0 Å². The van der Waals surface area contributed by atoms with E-state index in [1.54, 1.807) is 40.1 Å². The number of carbonyl (C=O) groups excluding carboxylic acids is 2. The first-order valence-electron chi connectivity index (χ1n) is 11.6. The van der Waals surface area contributed by atoms with Crippen molar-refractivity contribution in [2.75, 3.05) is 18.9 Å². The molecule has 35 heavy (non-hydrogen) atoms.